The summed E-state index contributed by atoms with van der Waals surface area (Å²) in [6.07, 6.45) is 1.04. The van der Waals surface area contributed by atoms with E-state index in [-0.39, 0.29) is 11.9 Å². The summed E-state index contributed by atoms with van der Waals surface area (Å²) in [5, 5.41) is 7.16. The van der Waals surface area contributed by atoms with Gasteiger partial charge in [0.1, 0.15) is 5.82 Å². The first-order valence-electron chi connectivity index (χ1n) is 6.45. The van der Waals surface area contributed by atoms with E-state index < -0.39 is 0 Å². The molecule has 0 aliphatic carbocycles. The van der Waals surface area contributed by atoms with E-state index >= 15 is 0 Å². The van der Waals surface area contributed by atoms with Gasteiger partial charge in [-0.25, -0.2) is 4.39 Å². The van der Waals surface area contributed by atoms with Crippen LogP contribution < -0.4 is 5.32 Å². The first-order chi connectivity index (χ1) is 9.11. The Morgan fingerprint density at radius 3 is 2.89 bits per heavy atom. The fourth-order valence-corrected chi connectivity index (χ4v) is 1.71. The average Bonchev–Trinajstić information content (AvgIpc) is 2.89. The number of nitrogens with zero attached hydrogens (tertiary/aromatic N) is 2. The van der Waals surface area contributed by atoms with Crippen molar-refractivity contribution in [2.45, 2.75) is 33.2 Å². The van der Waals surface area contributed by atoms with Gasteiger partial charge in [-0.1, -0.05) is 24.2 Å². The summed E-state index contributed by atoms with van der Waals surface area (Å²) in [6.45, 7) is 6.66. The lowest BCUT2D eigenvalue weighted by molar-refractivity contribution is 0.340. The van der Waals surface area contributed by atoms with Crippen molar-refractivity contribution in [2.75, 3.05) is 6.54 Å². The van der Waals surface area contributed by atoms with Gasteiger partial charge >= 0.3 is 0 Å². The molecular weight excluding hydrogens is 245 g/mol. The Morgan fingerprint density at radius 2 is 2.21 bits per heavy atom. The zero-order chi connectivity index (χ0) is 13.8. The van der Waals surface area contributed by atoms with E-state index in [1.807, 2.05) is 6.92 Å². The molecule has 0 saturated carbocycles. The van der Waals surface area contributed by atoms with Gasteiger partial charge in [-0.2, -0.15) is 4.98 Å². The second-order valence-corrected chi connectivity index (χ2v) is 4.60. The SMILES string of the molecule is CCCNC(C)c1nc(-c2ccc(C)c(F)c2)no1. The minimum absolute atomic E-state index is 0.00325. The number of benzene rings is 1. The predicted octanol–water partition coefficient (Wildman–Crippen LogP) is 3.24. The third-order valence-electron chi connectivity index (χ3n) is 2.94. The molecule has 2 rings (SSSR count). The van der Waals surface area contributed by atoms with E-state index in [2.05, 4.69) is 22.4 Å². The molecule has 1 unspecified atom stereocenters. The minimum atomic E-state index is -0.263. The van der Waals surface area contributed by atoms with Crippen molar-refractivity contribution in [3.8, 4) is 11.4 Å². The molecule has 1 aromatic carbocycles. The second-order valence-electron chi connectivity index (χ2n) is 4.60. The van der Waals surface area contributed by atoms with Crippen molar-refractivity contribution in [3.05, 3.63) is 35.5 Å². The Bertz CT molecular complexity index is 553. The molecule has 0 radical (unpaired) electrons. The van der Waals surface area contributed by atoms with Crippen LogP contribution in [0.25, 0.3) is 11.4 Å². The van der Waals surface area contributed by atoms with Crippen molar-refractivity contribution in [3.63, 3.8) is 0 Å². The third kappa shape index (κ3) is 3.17. The number of nitrogens with one attached hydrogen (secondary N) is 1. The zero-order valence-electron chi connectivity index (χ0n) is 11.4. The molecule has 1 N–H and O–H groups in total. The number of hydrogen-bond donors (Lipinski definition) is 1. The highest BCUT2D eigenvalue weighted by Crippen LogP contribution is 2.20. The molecular formula is C14H18FN3O. The smallest absolute Gasteiger partial charge is 0.243 e. The number of halogens is 1. The summed E-state index contributed by atoms with van der Waals surface area (Å²) < 4.78 is 18.7. The molecule has 4 nitrogen and oxygen atoms in total. The van der Waals surface area contributed by atoms with E-state index in [0.29, 0.717) is 22.8 Å². The lowest BCUT2D eigenvalue weighted by Gasteiger charge is -2.06. The van der Waals surface area contributed by atoms with Gasteiger partial charge < -0.3 is 9.84 Å². The number of hydrogen-bond acceptors (Lipinski definition) is 4. The second kappa shape index (κ2) is 5.93. The monoisotopic (exact) mass is 263 g/mol. The van der Waals surface area contributed by atoms with Gasteiger partial charge in [0.2, 0.25) is 11.7 Å². The summed E-state index contributed by atoms with van der Waals surface area (Å²) in [4.78, 5) is 4.30. The summed E-state index contributed by atoms with van der Waals surface area (Å²) in [6, 6.07) is 4.92. The Labute approximate surface area is 112 Å². The highest BCUT2D eigenvalue weighted by atomic mass is 19.1. The molecule has 0 aliphatic rings. The summed E-state index contributed by atoms with van der Waals surface area (Å²) in [5.41, 5.74) is 1.23. The van der Waals surface area contributed by atoms with Crippen LogP contribution in [0.4, 0.5) is 4.39 Å². The Morgan fingerprint density at radius 1 is 1.42 bits per heavy atom. The lowest BCUT2D eigenvalue weighted by atomic mass is 10.1. The fourth-order valence-electron chi connectivity index (χ4n) is 1.71. The van der Waals surface area contributed by atoms with Gasteiger partial charge in [0.15, 0.2) is 0 Å². The van der Waals surface area contributed by atoms with Crippen LogP contribution in [0.3, 0.4) is 0 Å². The molecule has 0 saturated heterocycles. The number of aromatic nitrogens is 2. The Kier molecular flexibility index (Phi) is 4.27. The van der Waals surface area contributed by atoms with Crippen LogP contribution in [0.1, 0.15) is 37.8 Å². The van der Waals surface area contributed by atoms with Gasteiger partial charge in [-0.05, 0) is 38.4 Å². The van der Waals surface area contributed by atoms with E-state index in [4.69, 9.17) is 4.52 Å². The minimum Gasteiger partial charge on any atom is -0.337 e. The molecule has 19 heavy (non-hydrogen) atoms. The van der Waals surface area contributed by atoms with Crippen LogP contribution in [-0.4, -0.2) is 16.7 Å². The fraction of sp³-hybridized carbons (Fsp3) is 0.429. The van der Waals surface area contributed by atoms with Crippen molar-refractivity contribution >= 4 is 0 Å². The van der Waals surface area contributed by atoms with Gasteiger partial charge in [0.25, 0.3) is 0 Å². The standard InChI is InChI=1S/C14H18FN3O/c1-4-7-16-10(3)14-17-13(18-19-14)11-6-5-9(2)12(15)8-11/h5-6,8,10,16H,4,7H2,1-3H3. The zero-order valence-corrected chi connectivity index (χ0v) is 11.4. The predicted molar refractivity (Wildman–Crippen MR) is 71.1 cm³/mol. The molecule has 5 heteroatoms. The average molecular weight is 263 g/mol. The van der Waals surface area contributed by atoms with E-state index in [0.717, 1.165) is 13.0 Å². The molecule has 0 amide bonds. The molecule has 102 valence electrons. The van der Waals surface area contributed by atoms with Crippen molar-refractivity contribution < 1.29 is 8.91 Å². The van der Waals surface area contributed by atoms with Crippen LogP contribution in [0.5, 0.6) is 0 Å². The quantitative estimate of drug-likeness (QED) is 0.899. The Balaban J connectivity index is 2.18. The molecule has 0 bridgehead atoms. The lowest BCUT2D eigenvalue weighted by Crippen LogP contribution is -2.19. The van der Waals surface area contributed by atoms with E-state index in [1.165, 1.54) is 6.07 Å². The van der Waals surface area contributed by atoms with Crippen LogP contribution in [0.15, 0.2) is 22.7 Å². The summed E-state index contributed by atoms with van der Waals surface area (Å²) in [7, 11) is 0. The highest BCUT2D eigenvalue weighted by Gasteiger charge is 2.15. The van der Waals surface area contributed by atoms with Crippen LogP contribution in [0, 0.1) is 12.7 Å². The van der Waals surface area contributed by atoms with Crippen molar-refractivity contribution in [1.82, 2.24) is 15.5 Å². The van der Waals surface area contributed by atoms with Crippen LogP contribution in [0.2, 0.25) is 0 Å². The number of rotatable bonds is 5. The molecule has 0 aliphatic heterocycles. The topological polar surface area (TPSA) is 51.0 Å². The normalized spacial score (nSPS) is 12.6. The van der Waals surface area contributed by atoms with Crippen LogP contribution in [-0.2, 0) is 0 Å². The molecule has 1 atom stereocenters. The molecule has 1 heterocycles. The molecule has 0 spiro atoms. The molecule has 1 aromatic heterocycles. The first kappa shape index (κ1) is 13.7. The summed E-state index contributed by atoms with van der Waals surface area (Å²) in [5.74, 6) is 0.671. The van der Waals surface area contributed by atoms with Crippen molar-refractivity contribution in [1.29, 1.82) is 0 Å². The maximum atomic E-state index is 13.5. The highest BCUT2D eigenvalue weighted by molar-refractivity contribution is 5.54. The van der Waals surface area contributed by atoms with Gasteiger partial charge in [0.05, 0.1) is 6.04 Å². The Hall–Kier alpha value is -1.75. The maximum absolute atomic E-state index is 13.5. The number of aryl methyl sites for hydroxylation is 1. The molecule has 0 fully saturated rings. The van der Waals surface area contributed by atoms with Gasteiger partial charge in [-0.15, -0.1) is 0 Å². The largest absolute Gasteiger partial charge is 0.337 e. The van der Waals surface area contributed by atoms with Gasteiger partial charge in [0, 0.05) is 5.56 Å². The van der Waals surface area contributed by atoms with Crippen molar-refractivity contribution in [2.24, 2.45) is 0 Å². The van der Waals surface area contributed by atoms with E-state index in [9.17, 15) is 4.39 Å². The summed E-state index contributed by atoms with van der Waals surface area (Å²) >= 11 is 0. The molecule has 2 aromatic rings. The maximum Gasteiger partial charge on any atom is 0.243 e. The van der Waals surface area contributed by atoms with Crippen LogP contribution >= 0.6 is 0 Å². The third-order valence-corrected chi connectivity index (χ3v) is 2.94. The van der Waals surface area contributed by atoms with E-state index in [1.54, 1.807) is 19.1 Å². The first-order valence-corrected chi connectivity index (χ1v) is 6.45. The van der Waals surface area contributed by atoms with Gasteiger partial charge in [-0.3, -0.25) is 0 Å².